The minimum atomic E-state index is -0.897. The summed E-state index contributed by atoms with van der Waals surface area (Å²) in [5.74, 6) is -1.43. The molecular weight excluding hydrogens is 242 g/mol. The highest BCUT2D eigenvalue weighted by Gasteiger charge is 2.16. The minimum Gasteiger partial charge on any atom is -0.465 e. The molecule has 19 heavy (non-hydrogen) atoms. The van der Waals surface area contributed by atoms with E-state index in [1.165, 1.54) is 6.21 Å². The van der Waals surface area contributed by atoms with Crippen molar-refractivity contribution < 1.29 is 9.53 Å². The zero-order valence-electron chi connectivity index (χ0n) is 12.6. The number of hydrogen-bond donors (Lipinski definition) is 0. The van der Waals surface area contributed by atoms with Crippen LogP contribution in [-0.2, 0) is 9.53 Å². The molecule has 5 heteroatoms. The molecule has 108 valence electrons. The van der Waals surface area contributed by atoms with Gasteiger partial charge in [0.25, 0.3) is 0 Å². The van der Waals surface area contributed by atoms with Crippen molar-refractivity contribution in [2.75, 3.05) is 19.7 Å². The first kappa shape index (κ1) is 17.6. The Bertz CT molecular complexity index is 324. The van der Waals surface area contributed by atoms with Gasteiger partial charge in [0.1, 0.15) is 0 Å². The van der Waals surface area contributed by atoms with Crippen LogP contribution in [0.5, 0.6) is 0 Å². The first-order valence-electron chi connectivity index (χ1n) is 6.75. The summed E-state index contributed by atoms with van der Waals surface area (Å²) in [4.78, 5) is 17.8. The third kappa shape index (κ3) is 6.92. The molecule has 0 radical (unpaired) electrons. The van der Waals surface area contributed by atoms with Crippen LogP contribution < -0.4 is 0 Å². The number of nitriles is 1. The predicted octanol–water partition coefficient (Wildman–Crippen LogP) is 1.88. The molecule has 0 aliphatic rings. The van der Waals surface area contributed by atoms with Gasteiger partial charge in [-0.3, -0.25) is 14.7 Å². The molecule has 0 aromatic carbocycles. The summed E-state index contributed by atoms with van der Waals surface area (Å²) >= 11 is 0. The maximum atomic E-state index is 11.4. The molecule has 1 atom stereocenters. The molecule has 0 fully saturated rings. The average molecular weight is 267 g/mol. The molecule has 0 aliphatic heterocycles. The maximum absolute atomic E-state index is 11.4. The van der Waals surface area contributed by atoms with Gasteiger partial charge in [-0.2, -0.15) is 5.26 Å². The lowest BCUT2D eigenvalue weighted by Crippen LogP contribution is -2.38. The minimum absolute atomic E-state index is 0.277. The van der Waals surface area contributed by atoms with E-state index in [0.29, 0.717) is 18.6 Å². The zero-order valence-corrected chi connectivity index (χ0v) is 12.6. The molecule has 0 heterocycles. The SMILES string of the molecule is CCOC(=O)[C@@H](C#N)C=NCCN(C(C)C)C(C)C. The molecule has 0 aliphatic carbocycles. The van der Waals surface area contributed by atoms with Crippen molar-refractivity contribution in [1.29, 1.82) is 5.26 Å². The fourth-order valence-corrected chi connectivity index (χ4v) is 1.84. The molecule has 0 saturated heterocycles. The number of esters is 1. The predicted molar refractivity (Wildman–Crippen MR) is 76.1 cm³/mol. The van der Waals surface area contributed by atoms with E-state index >= 15 is 0 Å². The highest BCUT2D eigenvalue weighted by atomic mass is 16.5. The fourth-order valence-electron chi connectivity index (χ4n) is 1.84. The van der Waals surface area contributed by atoms with E-state index in [-0.39, 0.29) is 6.61 Å². The Hall–Kier alpha value is -1.41. The van der Waals surface area contributed by atoms with Crippen LogP contribution in [0.15, 0.2) is 4.99 Å². The van der Waals surface area contributed by atoms with Crippen molar-refractivity contribution in [3.8, 4) is 6.07 Å². The van der Waals surface area contributed by atoms with Crippen LogP contribution in [0.25, 0.3) is 0 Å². The lowest BCUT2D eigenvalue weighted by atomic mass is 10.2. The highest BCUT2D eigenvalue weighted by molar-refractivity contribution is 5.92. The van der Waals surface area contributed by atoms with Crippen LogP contribution in [0.1, 0.15) is 34.6 Å². The number of carbonyl (C=O) groups excluding carboxylic acids is 1. The smallest absolute Gasteiger partial charge is 0.328 e. The summed E-state index contributed by atoms with van der Waals surface area (Å²) in [5.41, 5.74) is 0. The normalized spacial score (nSPS) is 13.2. The summed E-state index contributed by atoms with van der Waals surface area (Å²) < 4.78 is 4.79. The Morgan fingerprint density at radius 1 is 1.37 bits per heavy atom. The van der Waals surface area contributed by atoms with Crippen molar-refractivity contribution in [2.24, 2.45) is 10.9 Å². The van der Waals surface area contributed by atoms with E-state index in [1.807, 2.05) is 6.07 Å². The quantitative estimate of drug-likeness (QED) is 0.497. The van der Waals surface area contributed by atoms with Gasteiger partial charge in [0.05, 0.1) is 19.2 Å². The van der Waals surface area contributed by atoms with E-state index < -0.39 is 11.9 Å². The largest absolute Gasteiger partial charge is 0.465 e. The number of carbonyl (C=O) groups is 1. The highest BCUT2D eigenvalue weighted by Crippen LogP contribution is 2.04. The Morgan fingerprint density at radius 2 is 1.95 bits per heavy atom. The van der Waals surface area contributed by atoms with E-state index in [9.17, 15) is 4.79 Å². The Balaban J connectivity index is 4.27. The van der Waals surface area contributed by atoms with Gasteiger partial charge in [0.2, 0.25) is 0 Å². The fraction of sp³-hybridized carbons (Fsp3) is 0.786. The second kappa shape index (κ2) is 9.51. The number of hydrogen-bond acceptors (Lipinski definition) is 5. The molecule has 0 unspecified atom stereocenters. The van der Waals surface area contributed by atoms with Crippen LogP contribution in [0.2, 0.25) is 0 Å². The van der Waals surface area contributed by atoms with Gasteiger partial charge in [-0.05, 0) is 34.6 Å². The molecular formula is C14H25N3O2. The topological polar surface area (TPSA) is 65.7 Å². The van der Waals surface area contributed by atoms with Gasteiger partial charge in [0.15, 0.2) is 5.92 Å². The molecule has 0 saturated carbocycles. The molecule has 5 nitrogen and oxygen atoms in total. The van der Waals surface area contributed by atoms with Crippen molar-refractivity contribution in [2.45, 2.75) is 46.7 Å². The van der Waals surface area contributed by atoms with Crippen LogP contribution in [-0.4, -0.2) is 48.9 Å². The summed E-state index contributed by atoms with van der Waals surface area (Å²) in [6, 6.07) is 2.78. The number of ether oxygens (including phenoxy) is 1. The van der Waals surface area contributed by atoms with Gasteiger partial charge < -0.3 is 4.74 Å². The Morgan fingerprint density at radius 3 is 2.37 bits per heavy atom. The second-order valence-corrected chi connectivity index (χ2v) is 4.84. The first-order valence-corrected chi connectivity index (χ1v) is 6.75. The van der Waals surface area contributed by atoms with Crippen LogP contribution in [0.4, 0.5) is 0 Å². The van der Waals surface area contributed by atoms with Gasteiger partial charge in [0, 0.05) is 24.8 Å². The van der Waals surface area contributed by atoms with Gasteiger partial charge in [-0.15, -0.1) is 0 Å². The maximum Gasteiger partial charge on any atom is 0.328 e. The number of rotatable bonds is 8. The summed E-state index contributed by atoms with van der Waals surface area (Å²) in [7, 11) is 0. The molecule has 0 bridgehead atoms. The standard InChI is InChI=1S/C14H25N3O2/c1-6-19-14(18)13(9-15)10-16-7-8-17(11(2)3)12(4)5/h10-13H,6-8H2,1-5H3/t13-/m0/s1. The molecule has 0 rings (SSSR count). The van der Waals surface area contributed by atoms with E-state index in [0.717, 1.165) is 6.54 Å². The molecule has 0 aromatic heterocycles. The molecule has 0 amide bonds. The lowest BCUT2D eigenvalue weighted by Gasteiger charge is -2.29. The average Bonchev–Trinajstić information content (AvgIpc) is 2.32. The van der Waals surface area contributed by atoms with E-state index in [4.69, 9.17) is 10.00 Å². The van der Waals surface area contributed by atoms with Crippen molar-refractivity contribution >= 4 is 12.2 Å². The second-order valence-electron chi connectivity index (χ2n) is 4.84. The van der Waals surface area contributed by atoms with Crippen LogP contribution in [0, 0.1) is 17.2 Å². The summed E-state index contributed by atoms with van der Waals surface area (Å²) in [6.07, 6.45) is 1.39. The van der Waals surface area contributed by atoms with Crippen molar-refractivity contribution in [1.82, 2.24) is 4.90 Å². The van der Waals surface area contributed by atoms with Crippen molar-refractivity contribution in [3.63, 3.8) is 0 Å². The third-order valence-corrected chi connectivity index (χ3v) is 2.75. The van der Waals surface area contributed by atoms with E-state index in [1.54, 1.807) is 6.92 Å². The van der Waals surface area contributed by atoms with Gasteiger partial charge in [-0.1, -0.05) is 0 Å². The van der Waals surface area contributed by atoms with Crippen LogP contribution in [0.3, 0.4) is 0 Å². The number of aliphatic imine (C=N–C) groups is 1. The summed E-state index contributed by atoms with van der Waals surface area (Å²) in [5, 5.41) is 8.86. The number of nitrogens with zero attached hydrogens (tertiary/aromatic N) is 3. The first-order chi connectivity index (χ1) is 8.93. The third-order valence-electron chi connectivity index (χ3n) is 2.75. The van der Waals surface area contributed by atoms with E-state index in [2.05, 4.69) is 37.6 Å². The molecule has 0 spiro atoms. The molecule has 0 aromatic rings. The lowest BCUT2D eigenvalue weighted by molar-refractivity contribution is -0.143. The van der Waals surface area contributed by atoms with Crippen LogP contribution >= 0.6 is 0 Å². The zero-order chi connectivity index (χ0) is 14.8. The monoisotopic (exact) mass is 267 g/mol. The summed E-state index contributed by atoms with van der Waals surface area (Å²) in [6.45, 7) is 11.9. The van der Waals surface area contributed by atoms with Gasteiger partial charge >= 0.3 is 5.97 Å². The van der Waals surface area contributed by atoms with Crippen molar-refractivity contribution in [3.05, 3.63) is 0 Å². The van der Waals surface area contributed by atoms with Gasteiger partial charge in [-0.25, -0.2) is 0 Å². The Kier molecular flexibility index (Phi) is 8.81. The molecule has 0 N–H and O–H groups in total. The Labute approximate surface area is 116 Å².